The monoisotopic (exact) mass is 1840 g/mol. The molecule has 0 aromatic heterocycles. The summed E-state index contributed by atoms with van der Waals surface area (Å²) in [7, 11) is 0. The average Bonchev–Trinajstić information content (AvgIpc) is 2.09. The van der Waals surface area contributed by atoms with Crippen LogP contribution in [0.2, 0.25) is 0 Å². The minimum absolute atomic E-state index is 0.500. The molecule has 12 heterocycles. The number of aliphatic imine (C=N–C) groups is 1. The van der Waals surface area contributed by atoms with Gasteiger partial charge < -0.3 is 57.5 Å². The van der Waals surface area contributed by atoms with Gasteiger partial charge in [-0.1, -0.05) is 405 Å². The zero-order valence-electron chi connectivity index (χ0n) is 97.3. The van der Waals surface area contributed by atoms with Gasteiger partial charge in [0.1, 0.15) is 13.6 Å². The molecule has 17 heteroatoms. The molecule has 0 radical (unpaired) electrons. The standard InChI is InChI=1S/C6H12.2C5H10O.C5H10S.C4H9N.C4H7N.2C4H8O2.C4H8O.C4H8S.2C3H7NO.C3H6O2.26C2H6/c4*1-2-4-6-5-3-1;2*1-2-4-5-3-1;1-2-6-4-3-5-1;1-2-5-4-6-3-1;2*1-2-4-5-3-1;1-2-5-3-4-1;1-2-4-5-3-1;1-2-5-3-4-1;26*1-2/h1-6H2;3*1-5H2;5H,1-4H2;3H,1-2,4H2;2*1-4H2;2*1-4H2;2*4H,1-3H2;1-3H2;26*1-2H3. The van der Waals surface area contributed by atoms with E-state index in [1.807, 2.05) is 366 Å². The number of nitrogens with one attached hydrogen (secondary N) is 3. The van der Waals surface area contributed by atoms with Crippen LogP contribution < -0.4 is 16.1 Å². The topological polar surface area (TPSA) is 150 Å². The lowest BCUT2D eigenvalue weighted by molar-refractivity contribution is -0.0963. The first-order valence-corrected chi connectivity index (χ1v) is 57.0. The SMILES string of the molecule is C1=NCCC1.C1CCCCC1.C1CCNC1.C1CCOC1.C1CCOCC1.C1CCOCC1.C1CCSC1.C1CCSCC1.C1CNOC1.C1COCCO1.C1COCN1.C1COCO1.C1COCOC1.CC.CC.CC.CC.CC.CC.CC.CC.CC.CC.CC.CC.CC.CC.CC.CC.CC.CC.CC.CC.CC.CC.CC.CC.CC.CC. The van der Waals surface area contributed by atoms with E-state index in [9.17, 15) is 0 Å². The molecule has 12 fully saturated rings. The number of hydrogen-bond donors (Lipinski definition) is 3. The van der Waals surface area contributed by atoms with Crippen LogP contribution >= 0.6 is 23.5 Å². The Morgan fingerprint density at radius 1 is 0.187 bits per heavy atom. The van der Waals surface area contributed by atoms with Gasteiger partial charge in [0.2, 0.25) is 0 Å². The molecular formula is C106H266N4O11S2. The van der Waals surface area contributed by atoms with Crippen LogP contribution in [0.25, 0.3) is 0 Å². The van der Waals surface area contributed by atoms with Crippen molar-refractivity contribution in [2.24, 2.45) is 4.99 Å². The summed E-state index contributed by atoms with van der Waals surface area (Å²) in [6.07, 6.45) is 36.2. The van der Waals surface area contributed by atoms with Crippen LogP contribution in [0.5, 0.6) is 0 Å². The van der Waals surface area contributed by atoms with Gasteiger partial charge in [-0.05, 0) is 158 Å². The summed E-state index contributed by atoms with van der Waals surface area (Å²) in [5.74, 6) is 5.67. The van der Waals surface area contributed by atoms with Gasteiger partial charge in [-0.2, -0.15) is 23.5 Å². The lowest BCUT2D eigenvalue weighted by Gasteiger charge is -2.09. The third-order valence-corrected chi connectivity index (χ3v) is 13.7. The first kappa shape index (κ1) is 194. The molecule has 788 valence electrons. The smallest absolute Gasteiger partial charge is 0.146 e. The molecule has 13 rings (SSSR count). The van der Waals surface area contributed by atoms with E-state index in [-0.39, 0.29) is 0 Å². The zero-order chi connectivity index (χ0) is 102. The number of nitrogens with zero attached hydrogens (tertiary/aromatic N) is 1. The summed E-state index contributed by atoms with van der Waals surface area (Å²) in [5.41, 5.74) is 2.72. The van der Waals surface area contributed by atoms with Crippen LogP contribution in [0.15, 0.2) is 4.99 Å². The zero-order valence-corrected chi connectivity index (χ0v) is 98.9. The van der Waals surface area contributed by atoms with Crippen molar-refractivity contribution < 1.29 is 52.2 Å². The molecule has 0 atom stereocenters. The van der Waals surface area contributed by atoms with Crippen molar-refractivity contribution in [3.8, 4) is 0 Å². The van der Waals surface area contributed by atoms with Gasteiger partial charge in [-0.15, -0.1) is 0 Å². The van der Waals surface area contributed by atoms with Crippen molar-refractivity contribution in [2.75, 3.05) is 182 Å². The van der Waals surface area contributed by atoms with E-state index in [0.717, 1.165) is 138 Å². The number of hydroxylamine groups is 1. The van der Waals surface area contributed by atoms with E-state index in [2.05, 4.69) is 44.6 Å². The number of rotatable bonds is 0. The first-order valence-electron chi connectivity index (χ1n) is 54.7. The molecule has 0 aromatic carbocycles. The molecule has 12 aliphatic heterocycles. The molecule has 0 aromatic rings. The fraction of sp³-hybridized carbons (Fsp3) is 0.991. The van der Waals surface area contributed by atoms with Gasteiger partial charge in [0.25, 0.3) is 0 Å². The third kappa shape index (κ3) is 349. The van der Waals surface area contributed by atoms with Crippen molar-refractivity contribution in [3.63, 3.8) is 0 Å². The molecule has 15 nitrogen and oxygen atoms in total. The molecule has 0 unspecified atom stereocenters. The molecule has 0 amide bonds. The average molecular weight is 1840 g/mol. The van der Waals surface area contributed by atoms with E-state index in [0.29, 0.717) is 13.6 Å². The number of ether oxygens (including phenoxy) is 10. The van der Waals surface area contributed by atoms with Gasteiger partial charge in [0.15, 0.2) is 0 Å². The van der Waals surface area contributed by atoms with E-state index in [1.54, 1.807) is 0 Å². The molecule has 1 saturated carbocycles. The quantitative estimate of drug-likeness (QED) is 0.211. The maximum atomic E-state index is 5.07. The van der Waals surface area contributed by atoms with Gasteiger partial charge in [-0.25, -0.2) is 5.48 Å². The summed E-state index contributed by atoms with van der Waals surface area (Å²) >= 11 is 4.17. The van der Waals surface area contributed by atoms with Crippen LogP contribution in [0.1, 0.15) is 521 Å². The van der Waals surface area contributed by atoms with Crippen LogP contribution in [0.4, 0.5) is 0 Å². The summed E-state index contributed by atoms with van der Waals surface area (Å²) in [6.45, 7) is 126. The maximum absolute atomic E-state index is 5.07. The fourth-order valence-electron chi connectivity index (χ4n) is 7.12. The van der Waals surface area contributed by atoms with Crippen LogP contribution in [0, 0.1) is 0 Å². The van der Waals surface area contributed by atoms with E-state index < -0.39 is 0 Å². The maximum Gasteiger partial charge on any atom is 0.146 e. The molecule has 0 bridgehead atoms. The highest BCUT2D eigenvalue weighted by molar-refractivity contribution is 7.99. The largest absolute Gasteiger partial charge is 0.381 e. The molecule has 3 N–H and O–H groups in total. The Bertz CT molecular complexity index is 668. The highest BCUT2D eigenvalue weighted by atomic mass is 32.2. The summed E-state index contributed by atoms with van der Waals surface area (Å²) in [4.78, 5) is 8.65. The third-order valence-electron chi connectivity index (χ3n) is 11.4. The van der Waals surface area contributed by atoms with Gasteiger partial charge >= 0.3 is 0 Å². The summed E-state index contributed by atoms with van der Waals surface area (Å²) < 4.78 is 48.9. The Morgan fingerprint density at radius 2 is 0.423 bits per heavy atom. The predicted molar refractivity (Wildman–Crippen MR) is 592 cm³/mol. The molecule has 1 aliphatic carbocycles. The van der Waals surface area contributed by atoms with Crippen molar-refractivity contribution >= 4 is 29.7 Å². The minimum atomic E-state index is 0.500. The number of hydrogen-bond acceptors (Lipinski definition) is 17. The molecule has 123 heavy (non-hydrogen) atoms. The Kier molecular flexibility index (Phi) is 560. The lowest BCUT2D eigenvalue weighted by atomic mass is 10.0. The Hall–Kier alpha value is -0.190. The first-order chi connectivity index (χ1) is 61.5. The van der Waals surface area contributed by atoms with Crippen LogP contribution in [0.3, 0.4) is 0 Å². The normalized spacial score (nSPS) is 15.0. The Balaban J connectivity index is -0.0000000331. The summed E-state index contributed by atoms with van der Waals surface area (Å²) in [6, 6.07) is 0. The van der Waals surface area contributed by atoms with Crippen LogP contribution in [-0.4, -0.2) is 188 Å². The lowest BCUT2D eigenvalue weighted by Crippen LogP contribution is -2.16. The van der Waals surface area contributed by atoms with E-state index in [4.69, 9.17) is 52.2 Å². The number of thioether (sulfide) groups is 2. The second-order valence-electron chi connectivity index (χ2n) is 18.1. The highest BCUT2D eigenvalue weighted by Gasteiger charge is 2.01. The van der Waals surface area contributed by atoms with Crippen molar-refractivity contribution in [3.05, 3.63) is 0 Å². The van der Waals surface area contributed by atoms with E-state index in [1.165, 1.54) is 190 Å². The minimum Gasteiger partial charge on any atom is -0.381 e. The van der Waals surface area contributed by atoms with Crippen molar-refractivity contribution in [1.29, 1.82) is 0 Å². The molecule has 11 saturated heterocycles. The van der Waals surface area contributed by atoms with Crippen molar-refractivity contribution in [1.82, 2.24) is 16.1 Å². The fourth-order valence-corrected chi connectivity index (χ4v) is 9.16. The summed E-state index contributed by atoms with van der Waals surface area (Å²) in [5, 5.41) is 6.22. The molecule has 0 spiro atoms. The van der Waals surface area contributed by atoms with Crippen molar-refractivity contribution in [2.45, 2.75) is 521 Å². The highest BCUT2D eigenvalue weighted by Crippen LogP contribution is 2.16. The second kappa shape index (κ2) is 355. The van der Waals surface area contributed by atoms with Gasteiger partial charge in [-0.3, -0.25) is 10.3 Å². The molecule has 13 aliphatic rings. The predicted octanol–water partition coefficient (Wildman–Crippen LogP) is 36.7. The Morgan fingerprint density at radius 3 is 0.520 bits per heavy atom. The second-order valence-corrected chi connectivity index (χ2v) is 20.5. The Labute approximate surface area is 800 Å². The molecular weight excluding hydrogens is 1570 g/mol. The van der Waals surface area contributed by atoms with E-state index >= 15 is 0 Å². The van der Waals surface area contributed by atoms with Crippen LogP contribution in [-0.2, 0) is 52.2 Å². The van der Waals surface area contributed by atoms with Gasteiger partial charge in [0, 0.05) is 59.3 Å². The van der Waals surface area contributed by atoms with Gasteiger partial charge in [0.05, 0.1) is 72.8 Å².